The monoisotopic (exact) mass is 271 g/mol. The van der Waals surface area contributed by atoms with Crippen LogP contribution in [0.25, 0.3) is 6.08 Å². The molecule has 0 aliphatic heterocycles. The van der Waals surface area contributed by atoms with Crippen LogP contribution in [-0.4, -0.2) is 52.5 Å². The molecule has 0 aromatic carbocycles. The molecular weight excluding hydrogens is 254 g/mol. The quantitative estimate of drug-likeness (QED) is 0.604. The highest BCUT2D eigenvalue weighted by molar-refractivity contribution is 7.10. The summed E-state index contributed by atoms with van der Waals surface area (Å²) in [4.78, 5) is 13.4. The van der Waals surface area contributed by atoms with Gasteiger partial charge in [-0.25, -0.2) is 4.79 Å². The van der Waals surface area contributed by atoms with E-state index in [0.717, 1.165) is 16.5 Å². The molecule has 1 aromatic heterocycles. The normalized spacial score (nSPS) is 11.5. The highest BCUT2D eigenvalue weighted by Crippen LogP contribution is 2.20. The second kappa shape index (κ2) is 7.99. The molecule has 0 saturated carbocycles. The first-order chi connectivity index (χ1) is 8.67. The highest BCUT2D eigenvalue weighted by atomic mass is 32.1. The van der Waals surface area contributed by atoms with Gasteiger partial charge in [0.15, 0.2) is 0 Å². The van der Waals surface area contributed by atoms with Crippen LogP contribution in [0.2, 0.25) is 0 Å². The van der Waals surface area contributed by atoms with Crippen molar-refractivity contribution in [2.75, 3.05) is 26.3 Å². The second-order valence-corrected chi connectivity index (χ2v) is 4.69. The van der Waals surface area contributed by atoms with Crippen molar-refractivity contribution in [1.29, 1.82) is 0 Å². The predicted molar refractivity (Wildman–Crippen MR) is 70.4 cm³/mol. The molecule has 1 aromatic rings. The molecule has 0 fully saturated rings. The van der Waals surface area contributed by atoms with E-state index in [1.54, 1.807) is 6.08 Å². The minimum absolute atomic E-state index is 0.0334. The van der Waals surface area contributed by atoms with Crippen LogP contribution >= 0.6 is 11.3 Å². The van der Waals surface area contributed by atoms with Gasteiger partial charge in [-0.15, -0.1) is 11.3 Å². The number of carbonyl (C=O) groups is 1. The Kier molecular flexibility index (Phi) is 6.59. The number of rotatable bonds is 8. The van der Waals surface area contributed by atoms with Gasteiger partial charge < -0.3 is 15.3 Å². The molecule has 0 bridgehead atoms. The summed E-state index contributed by atoms with van der Waals surface area (Å²) in [5, 5.41) is 28.3. The molecule has 0 amide bonds. The Morgan fingerprint density at radius 1 is 1.33 bits per heavy atom. The van der Waals surface area contributed by atoms with Crippen molar-refractivity contribution in [1.82, 2.24) is 4.90 Å². The molecule has 0 aliphatic carbocycles. The summed E-state index contributed by atoms with van der Waals surface area (Å²) < 4.78 is 0. The van der Waals surface area contributed by atoms with E-state index in [-0.39, 0.29) is 13.2 Å². The van der Waals surface area contributed by atoms with Crippen LogP contribution in [0.5, 0.6) is 0 Å². The summed E-state index contributed by atoms with van der Waals surface area (Å²) in [7, 11) is 0. The molecule has 3 N–H and O–H groups in total. The maximum absolute atomic E-state index is 10.5. The standard InChI is InChI=1S/C12H17NO4S/c14-6-4-13(5-7-15)9-11-10(3-8-18-11)1-2-12(16)17/h1-3,8,14-15H,4-7,9H2,(H,16,17). The lowest BCUT2D eigenvalue weighted by Crippen LogP contribution is -2.29. The van der Waals surface area contributed by atoms with Crippen LogP contribution in [0.1, 0.15) is 10.4 Å². The number of aliphatic carboxylic acids is 1. The summed E-state index contributed by atoms with van der Waals surface area (Å²) in [5.41, 5.74) is 0.864. The fourth-order valence-corrected chi connectivity index (χ4v) is 2.45. The molecule has 18 heavy (non-hydrogen) atoms. The maximum Gasteiger partial charge on any atom is 0.328 e. The number of aliphatic hydroxyl groups is 2. The van der Waals surface area contributed by atoms with Gasteiger partial charge in [0.25, 0.3) is 0 Å². The summed E-state index contributed by atoms with van der Waals surface area (Å²) in [6, 6.07) is 1.86. The van der Waals surface area contributed by atoms with E-state index in [1.807, 2.05) is 16.3 Å². The number of thiophene rings is 1. The first-order valence-electron chi connectivity index (χ1n) is 5.58. The first kappa shape index (κ1) is 14.8. The van der Waals surface area contributed by atoms with Gasteiger partial charge >= 0.3 is 5.97 Å². The van der Waals surface area contributed by atoms with Crippen LogP contribution in [0, 0.1) is 0 Å². The summed E-state index contributed by atoms with van der Waals surface area (Å²) in [5.74, 6) is -0.977. The highest BCUT2D eigenvalue weighted by Gasteiger charge is 2.08. The molecule has 0 unspecified atom stereocenters. The lowest BCUT2D eigenvalue weighted by molar-refractivity contribution is -0.131. The molecule has 100 valence electrons. The zero-order valence-electron chi connectivity index (χ0n) is 9.95. The summed E-state index contributed by atoms with van der Waals surface area (Å²) >= 11 is 1.53. The van der Waals surface area contributed by atoms with Gasteiger partial charge in [0.05, 0.1) is 13.2 Å². The Balaban J connectivity index is 2.70. The van der Waals surface area contributed by atoms with Crippen molar-refractivity contribution >= 4 is 23.4 Å². The number of carboxylic acids is 1. The van der Waals surface area contributed by atoms with Gasteiger partial charge in [0, 0.05) is 30.6 Å². The second-order valence-electron chi connectivity index (χ2n) is 3.69. The van der Waals surface area contributed by atoms with Crippen LogP contribution in [0.15, 0.2) is 17.5 Å². The Morgan fingerprint density at radius 3 is 2.56 bits per heavy atom. The van der Waals surface area contributed by atoms with E-state index in [2.05, 4.69) is 0 Å². The van der Waals surface area contributed by atoms with E-state index < -0.39 is 5.97 Å². The molecular formula is C12H17NO4S. The first-order valence-corrected chi connectivity index (χ1v) is 6.46. The van der Waals surface area contributed by atoms with E-state index in [4.69, 9.17) is 15.3 Å². The molecule has 6 heteroatoms. The minimum atomic E-state index is -0.977. The molecule has 0 atom stereocenters. The van der Waals surface area contributed by atoms with Gasteiger partial charge in [-0.3, -0.25) is 4.90 Å². The molecule has 0 saturated heterocycles. The van der Waals surface area contributed by atoms with Crippen molar-refractivity contribution in [2.24, 2.45) is 0 Å². The SMILES string of the molecule is O=C(O)C=Cc1ccsc1CN(CCO)CCO. The lowest BCUT2D eigenvalue weighted by Gasteiger charge is -2.19. The Hall–Kier alpha value is -1.21. The molecule has 0 radical (unpaired) electrons. The average molecular weight is 271 g/mol. The molecule has 0 spiro atoms. The summed E-state index contributed by atoms with van der Waals surface area (Å²) in [6.45, 7) is 1.64. The minimum Gasteiger partial charge on any atom is -0.478 e. The van der Waals surface area contributed by atoms with Gasteiger partial charge in [-0.05, 0) is 23.1 Å². The van der Waals surface area contributed by atoms with Crippen molar-refractivity contribution in [2.45, 2.75) is 6.54 Å². The van der Waals surface area contributed by atoms with Gasteiger partial charge in [0.1, 0.15) is 0 Å². The van der Waals surface area contributed by atoms with Crippen LogP contribution in [-0.2, 0) is 11.3 Å². The van der Waals surface area contributed by atoms with E-state index >= 15 is 0 Å². The fraction of sp³-hybridized carbons (Fsp3) is 0.417. The van der Waals surface area contributed by atoms with E-state index in [9.17, 15) is 4.79 Å². The smallest absolute Gasteiger partial charge is 0.328 e. The van der Waals surface area contributed by atoms with Gasteiger partial charge in [-0.2, -0.15) is 0 Å². The predicted octanol–water partition coefficient (Wildman–Crippen LogP) is 0.633. The Morgan fingerprint density at radius 2 is 2.00 bits per heavy atom. The third-order valence-corrected chi connectivity index (χ3v) is 3.31. The Bertz CT molecular complexity index is 397. The average Bonchev–Trinajstić information content (AvgIpc) is 2.74. The van der Waals surface area contributed by atoms with Crippen LogP contribution < -0.4 is 0 Å². The fourth-order valence-electron chi connectivity index (χ4n) is 1.54. The third kappa shape index (κ3) is 4.97. The molecule has 0 aliphatic rings. The van der Waals surface area contributed by atoms with E-state index in [0.29, 0.717) is 19.6 Å². The maximum atomic E-state index is 10.5. The molecule has 1 rings (SSSR count). The zero-order chi connectivity index (χ0) is 13.4. The van der Waals surface area contributed by atoms with Crippen molar-refractivity contribution < 1.29 is 20.1 Å². The molecule has 1 heterocycles. The zero-order valence-corrected chi connectivity index (χ0v) is 10.8. The van der Waals surface area contributed by atoms with Crippen LogP contribution in [0.3, 0.4) is 0 Å². The number of aliphatic hydroxyl groups excluding tert-OH is 2. The largest absolute Gasteiger partial charge is 0.478 e. The van der Waals surface area contributed by atoms with Crippen molar-refractivity contribution in [3.63, 3.8) is 0 Å². The van der Waals surface area contributed by atoms with Crippen molar-refractivity contribution in [3.05, 3.63) is 28.0 Å². The van der Waals surface area contributed by atoms with E-state index in [1.165, 1.54) is 11.3 Å². The van der Waals surface area contributed by atoms with Gasteiger partial charge in [0.2, 0.25) is 0 Å². The Labute approximate surface area is 110 Å². The number of hydrogen-bond donors (Lipinski definition) is 3. The third-order valence-electron chi connectivity index (χ3n) is 2.39. The van der Waals surface area contributed by atoms with Gasteiger partial charge in [-0.1, -0.05) is 0 Å². The number of carboxylic acid groups (broad SMARTS) is 1. The number of hydrogen-bond acceptors (Lipinski definition) is 5. The lowest BCUT2D eigenvalue weighted by atomic mass is 10.2. The van der Waals surface area contributed by atoms with Crippen LogP contribution in [0.4, 0.5) is 0 Å². The number of nitrogens with zero attached hydrogens (tertiary/aromatic N) is 1. The topological polar surface area (TPSA) is 81.0 Å². The van der Waals surface area contributed by atoms with Crippen molar-refractivity contribution in [3.8, 4) is 0 Å². The summed E-state index contributed by atoms with van der Waals surface area (Å²) in [6.07, 6.45) is 2.66. The molecule has 5 nitrogen and oxygen atoms in total.